The molecule has 0 aliphatic rings. The fourth-order valence-electron chi connectivity index (χ4n) is 2.90. The average Bonchev–Trinajstić information content (AvgIpc) is 2.82. The first-order chi connectivity index (χ1) is 16.2. The molecule has 33 heavy (non-hydrogen) atoms. The van der Waals surface area contributed by atoms with Crippen LogP contribution in [0.25, 0.3) is 0 Å². The molecule has 0 saturated heterocycles. The first-order valence-electron chi connectivity index (χ1n) is 12.8. The third-order valence-corrected chi connectivity index (χ3v) is 5.29. The maximum absolute atomic E-state index is 12.1. The summed E-state index contributed by atoms with van der Waals surface area (Å²) in [7, 11) is 0. The fourth-order valence-corrected chi connectivity index (χ4v) is 3.30. The SMILES string of the molecule is CC/C=C/CC=CCCOC(CCC(=O)OCCCCCCBr)OCC/C=C/C/C=C/CC. The minimum absolute atomic E-state index is 0.169. The molecule has 1 unspecified atom stereocenters. The number of hydrogen-bond acceptors (Lipinski definition) is 4. The van der Waals surface area contributed by atoms with Gasteiger partial charge in [-0.1, -0.05) is 91.2 Å². The molecular weight excluding hydrogens is 480 g/mol. The number of esters is 1. The van der Waals surface area contributed by atoms with E-state index in [-0.39, 0.29) is 12.3 Å². The number of ether oxygens (including phenoxy) is 3. The number of halogens is 1. The summed E-state index contributed by atoms with van der Waals surface area (Å²) in [5.41, 5.74) is 0. The standard InChI is InChI=1S/C28H47BrO4/c1-3-5-7-9-11-14-19-25-32-28(33-26-20-15-12-10-8-6-4-2)22-21-27(30)31-24-18-16-13-17-23-29/h5-8,11-12,14-15,28H,3-4,9-10,13,16-26H2,1-2H3/b7-5+,8-6+,14-11+,15-12?. The average molecular weight is 528 g/mol. The molecule has 0 N–H and O–H groups in total. The Bertz CT molecular complexity index is 508. The van der Waals surface area contributed by atoms with E-state index >= 15 is 0 Å². The first kappa shape index (κ1) is 31.8. The number of hydrogen-bond donors (Lipinski definition) is 0. The van der Waals surface area contributed by atoms with Gasteiger partial charge in [0, 0.05) is 11.8 Å². The smallest absolute Gasteiger partial charge is 0.305 e. The van der Waals surface area contributed by atoms with Crippen LogP contribution in [0, 0.1) is 0 Å². The molecule has 4 nitrogen and oxygen atoms in total. The van der Waals surface area contributed by atoms with Gasteiger partial charge in [0.05, 0.1) is 26.2 Å². The van der Waals surface area contributed by atoms with Gasteiger partial charge >= 0.3 is 5.97 Å². The van der Waals surface area contributed by atoms with Gasteiger partial charge in [0.1, 0.15) is 0 Å². The molecule has 0 amide bonds. The Balaban J connectivity index is 4.22. The summed E-state index contributed by atoms with van der Waals surface area (Å²) >= 11 is 3.43. The largest absolute Gasteiger partial charge is 0.466 e. The van der Waals surface area contributed by atoms with E-state index in [0.29, 0.717) is 32.7 Å². The lowest BCUT2D eigenvalue weighted by molar-refractivity contribution is -0.158. The highest BCUT2D eigenvalue weighted by atomic mass is 79.9. The summed E-state index contributed by atoms with van der Waals surface area (Å²) in [6, 6.07) is 0. The fraction of sp³-hybridized carbons (Fsp3) is 0.679. The molecule has 0 saturated carbocycles. The number of alkyl halides is 1. The molecule has 0 bridgehead atoms. The lowest BCUT2D eigenvalue weighted by Crippen LogP contribution is -2.20. The van der Waals surface area contributed by atoms with Crippen molar-refractivity contribution in [2.24, 2.45) is 0 Å². The lowest BCUT2D eigenvalue weighted by Gasteiger charge is -2.18. The van der Waals surface area contributed by atoms with Crippen LogP contribution < -0.4 is 0 Å². The Morgan fingerprint density at radius 1 is 0.727 bits per heavy atom. The van der Waals surface area contributed by atoms with Crippen molar-refractivity contribution in [2.45, 2.75) is 97.2 Å². The minimum Gasteiger partial charge on any atom is -0.466 e. The van der Waals surface area contributed by atoms with Crippen LogP contribution in [0.15, 0.2) is 48.6 Å². The highest BCUT2D eigenvalue weighted by Crippen LogP contribution is 2.09. The zero-order valence-corrected chi connectivity index (χ0v) is 22.6. The number of rotatable bonds is 23. The van der Waals surface area contributed by atoms with Gasteiger partial charge in [-0.2, -0.15) is 0 Å². The predicted octanol–water partition coefficient (Wildman–Crippen LogP) is 8.23. The van der Waals surface area contributed by atoms with Gasteiger partial charge in [-0.15, -0.1) is 0 Å². The number of unbranched alkanes of at least 4 members (excludes halogenated alkanes) is 3. The summed E-state index contributed by atoms with van der Waals surface area (Å²) in [4.78, 5) is 12.1. The Kier molecular flexibility index (Phi) is 26.1. The van der Waals surface area contributed by atoms with Crippen LogP contribution in [0.4, 0.5) is 0 Å². The summed E-state index contributed by atoms with van der Waals surface area (Å²) in [6.45, 7) is 5.94. The van der Waals surface area contributed by atoms with Crippen molar-refractivity contribution in [2.75, 3.05) is 25.2 Å². The first-order valence-corrected chi connectivity index (χ1v) is 13.9. The van der Waals surface area contributed by atoms with Gasteiger partial charge in [-0.05, 0) is 51.4 Å². The molecule has 190 valence electrons. The Labute approximate surface area is 211 Å². The zero-order valence-electron chi connectivity index (χ0n) is 21.0. The summed E-state index contributed by atoms with van der Waals surface area (Å²) in [5, 5.41) is 1.03. The molecule has 5 heteroatoms. The maximum Gasteiger partial charge on any atom is 0.305 e. The van der Waals surface area contributed by atoms with E-state index < -0.39 is 0 Å². The number of carbonyl (C=O) groups is 1. The van der Waals surface area contributed by atoms with E-state index in [0.717, 1.165) is 56.7 Å². The van der Waals surface area contributed by atoms with Gasteiger partial charge in [-0.3, -0.25) is 4.79 Å². The molecule has 0 aromatic carbocycles. The maximum atomic E-state index is 12.1. The molecule has 0 fully saturated rings. The van der Waals surface area contributed by atoms with Crippen LogP contribution in [0.5, 0.6) is 0 Å². The molecule has 0 aromatic heterocycles. The zero-order chi connectivity index (χ0) is 24.2. The second kappa shape index (κ2) is 27.1. The molecule has 0 aliphatic heterocycles. The van der Waals surface area contributed by atoms with Gasteiger partial charge in [-0.25, -0.2) is 0 Å². The van der Waals surface area contributed by atoms with Crippen molar-refractivity contribution >= 4 is 21.9 Å². The van der Waals surface area contributed by atoms with Crippen molar-refractivity contribution in [3.05, 3.63) is 48.6 Å². The third kappa shape index (κ3) is 25.3. The molecule has 0 spiro atoms. The Hall–Kier alpha value is -1.17. The van der Waals surface area contributed by atoms with Crippen molar-refractivity contribution in [3.63, 3.8) is 0 Å². The van der Waals surface area contributed by atoms with Crippen molar-refractivity contribution in [1.29, 1.82) is 0 Å². The van der Waals surface area contributed by atoms with Gasteiger partial charge in [0.15, 0.2) is 6.29 Å². The quantitative estimate of drug-likeness (QED) is 0.0441. The minimum atomic E-state index is -0.377. The molecule has 0 radical (unpaired) electrons. The van der Waals surface area contributed by atoms with Gasteiger partial charge < -0.3 is 14.2 Å². The topological polar surface area (TPSA) is 44.8 Å². The van der Waals surface area contributed by atoms with E-state index in [2.05, 4.69) is 78.4 Å². The van der Waals surface area contributed by atoms with E-state index in [1.165, 1.54) is 12.8 Å². The van der Waals surface area contributed by atoms with Crippen LogP contribution in [0.3, 0.4) is 0 Å². The Morgan fingerprint density at radius 2 is 1.27 bits per heavy atom. The predicted molar refractivity (Wildman–Crippen MR) is 144 cm³/mol. The molecule has 1 atom stereocenters. The van der Waals surface area contributed by atoms with E-state index in [1.807, 2.05) is 0 Å². The van der Waals surface area contributed by atoms with Crippen molar-refractivity contribution in [3.8, 4) is 0 Å². The van der Waals surface area contributed by atoms with Crippen LogP contribution in [-0.4, -0.2) is 37.4 Å². The van der Waals surface area contributed by atoms with Crippen LogP contribution in [0.1, 0.15) is 90.9 Å². The highest BCUT2D eigenvalue weighted by molar-refractivity contribution is 9.09. The second-order valence-electron chi connectivity index (χ2n) is 7.78. The van der Waals surface area contributed by atoms with Crippen LogP contribution in [0.2, 0.25) is 0 Å². The van der Waals surface area contributed by atoms with Crippen molar-refractivity contribution in [1.82, 2.24) is 0 Å². The van der Waals surface area contributed by atoms with E-state index in [4.69, 9.17) is 14.2 Å². The highest BCUT2D eigenvalue weighted by Gasteiger charge is 2.13. The summed E-state index contributed by atoms with van der Waals surface area (Å²) in [5.74, 6) is -0.169. The van der Waals surface area contributed by atoms with Gasteiger partial charge in [0.2, 0.25) is 0 Å². The third-order valence-electron chi connectivity index (χ3n) is 4.73. The lowest BCUT2D eigenvalue weighted by atomic mass is 10.2. The van der Waals surface area contributed by atoms with E-state index in [1.54, 1.807) is 0 Å². The number of allylic oxidation sites excluding steroid dienone is 6. The normalized spacial score (nSPS) is 13.2. The summed E-state index contributed by atoms with van der Waals surface area (Å²) < 4.78 is 17.2. The molecule has 0 rings (SSSR count). The molecule has 0 heterocycles. The van der Waals surface area contributed by atoms with Crippen LogP contribution >= 0.6 is 15.9 Å². The number of carbonyl (C=O) groups excluding carboxylic acids is 1. The molecule has 0 aliphatic carbocycles. The summed E-state index contributed by atoms with van der Waals surface area (Å²) in [6.07, 6.45) is 27.8. The molecular formula is C28H47BrO4. The molecule has 0 aromatic rings. The van der Waals surface area contributed by atoms with Gasteiger partial charge in [0.25, 0.3) is 0 Å². The monoisotopic (exact) mass is 526 g/mol. The van der Waals surface area contributed by atoms with E-state index in [9.17, 15) is 4.79 Å². The van der Waals surface area contributed by atoms with Crippen molar-refractivity contribution < 1.29 is 19.0 Å². The van der Waals surface area contributed by atoms with Crippen LogP contribution in [-0.2, 0) is 19.0 Å². The Morgan fingerprint density at radius 3 is 1.82 bits per heavy atom. The second-order valence-corrected chi connectivity index (χ2v) is 8.58.